The molecule has 0 amide bonds. The summed E-state index contributed by atoms with van der Waals surface area (Å²) in [5.74, 6) is 3.53. The quantitative estimate of drug-likeness (QED) is 0.134. The first-order chi connectivity index (χ1) is 26.3. The van der Waals surface area contributed by atoms with E-state index in [-0.39, 0.29) is 6.71 Å². The van der Waals surface area contributed by atoms with E-state index in [0.717, 1.165) is 45.1 Å². The molecule has 0 saturated carbocycles. The number of para-hydroxylation sites is 1. The van der Waals surface area contributed by atoms with Crippen LogP contribution < -0.4 is 25.9 Å². The first-order valence-electron chi connectivity index (χ1n) is 18.3. The van der Waals surface area contributed by atoms with Crippen LogP contribution in [0.25, 0.3) is 76.1 Å². The fourth-order valence-electron chi connectivity index (χ4n) is 9.22. The van der Waals surface area contributed by atoms with Gasteiger partial charge >= 0.3 is 0 Å². The molecule has 53 heavy (non-hydrogen) atoms. The fourth-order valence-corrected chi connectivity index (χ4v) is 9.22. The van der Waals surface area contributed by atoms with Gasteiger partial charge in [0.2, 0.25) is 0 Å². The van der Waals surface area contributed by atoms with Gasteiger partial charge in [-0.15, -0.1) is 0 Å². The molecule has 2 nitrogen and oxygen atoms in total. The molecule has 0 N–H and O–H groups in total. The SMILES string of the molecule is c1ccc(-c2ccc3c(c2)c2ccccc2c2c4ccc(-c5ccc6c(c5)Oc5cccc7c5B6c5ccccc5O7)cc4c4ccccc4c32)cc1. The molecule has 244 valence electrons. The van der Waals surface area contributed by atoms with Gasteiger partial charge in [-0.2, -0.15) is 0 Å². The van der Waals surface area contributed by atoms with Crippen LogP contribution in [0, 0.1) is 0 Å². The largest absolute Gasteiger partial charge is 0.458 e. The number of rotatable bonds is 2. The van der Waals surface area contributed by atoms with Crippen LogP contribution in [0.15, 0.2) is 176 Å². The maximum absolute atomic E-state index is 6.66. The molecule has 3 heteroatoms. The topological polar surface area (TPSA) is 18.5 Å². The van der Waals surface area contributed by atoms with E-state index in [4.69, 9.17) is 9.47 Å². The predicted molar refractivity (Wildman–Crippen MR) is 223 cm³/mol. The van der Waals surface area contributed by atoms with Crippen molar-refractivity contribution in [2.45, 2.75) is 0 Å². The van der Waals surface area contributed by atoms with E-state index < -0.39 is 0 Å². The summed E-state index contributed by atoms with van der Waals surface area (Å²) < 4.78 is 13.0. The fraction of sp³-hybridized carbons (Fsp3) is 0. The minimum atomic E-state index is 0.0581. The molecule has 0 fully saturated rings. The standard InChI is InChI=1S/C50H29BO2/c1-2-11-30(12-3-1)31-21-24-38-40(27-31)34-13-4-6-15-36(34)49-39-25-22-32(28-41(39)35-14-5-7-16-37(35)48(38)49)33-23-26-43-47(29-33)53-46-20-10-19-45-50(46)51(43)42-17-8-9-18-44(42)52-45/h1-29H. The highest BCUT2D eigenvalue weighted by Crippen LogP contribution is 2.46. The number of hydrogen-bond acceptors (Lipinski definition) is 2. The van der Waals surface area contributed by atoms with Gasteiger partial charge in [-0.3, -0.25) is 0 Å². The summed E-state index contributed by atoms with van der Waals surface area (Å²) in [5, 5.41) is 12.8. The van der Waals surface area contributed by atoms with Crippen molar-refractivity contribution in [2.24, 2.45) is 0 Å². The van der Waals surface area contributed by atoms with Gasteiger partial charge in [-0.1, -0.05) is 140 Å². The molecule has 12 rings (SSSR count). The lowest BCUT2D eigenvalue weighted by atomic mass is 9.35. The number of ether oxygens (including phenoxy) is 2. The highest BCUT2D eigenvalue weighted by Gasteiger charge is 2.39. The second kappa shape index (κ2) is 10.8. The van der Waals surface area contributed by atoms with Crippen molar-refractivity contribution in [3.05, 3.63) is 176 Å². The molecule has 0 aromatic heterocycles. The Morgan fingerprint density at radius 3 is 1.43 bits per heavy atom. The Balaban J connectivity index is 1.08. The molecule has 2 aliphatic rings. The molecule has 0 unspecified atom stereocenters. The Hall–Kier alpha value is -6.84. The van der Waals surface area contributed by atoms with Gasteiger partial charge in [0.15, 0.2) is 0 Å². The lowest BCUT2D eigenvalue weighted by molar-refractivity contribution is 0.464. The van der Waals surface area contributed by atoms with Gasteiger partial charge < -0.3 is 9.47 Å². The highest BCUT2D eigenvalue weighted by atomic mass is 16.5. The van der Waals surface area contributed by atoms with E-state index in [0.29, 0.717) is 0 Å². The number of fused-ring (bicyclic) bond motifs is 15. The third kappa shape index (κ3) is 4.11. The second-order valence-corrected chi connectivity index (χ2v) is 14.3. The molecule has 2 aliphatic heterocycles. The molecule has 2 heterocycles. The first kappa shape index (κ1) is 28.8. The van der Waals surface area contributed by atoms with Gasteiger partial charge in [0, 0.05) is 5.46 Å². The molecule has 0 saturated heterocycles. The normalized spacial score (nSPS) is 12.8. The maximum Gasteiger partial charge on any atom is 0.260 e. The average molecular weight is 673 g/mol. The average Bonchev–Trinajstić information content (AvgIpc) is 3.23. The van der Waals surface area contributed by atoms with Crippen LogP contribution in [0.3, 0.4) is 0 Å². The minimum Gasteiger partial charge on any atom is -0.458 e. The van der Waals surface area contributed by atoms with E-state index in [2.05, 4.69) is 158 Å². The molecular formula is C50H29BO2. The zero-order chi connectivity index (χ0) is 34.6. The van der Waals surface area contributed by atoms with Crippen molar-refractivity contribution in [3.63, 3.8) is 0 Å². The van der Waals surface area contributed by atoms with Crippen molar-refractivity contribution >= 4 is 77.0 Å². The van der Waals surface area contributed by atoms with E-state index >= 15 is 0 Å². The van der Waals surface area contributed by atoms with Crippen LogP contribution in [0.2, 0.25) is 0 Å². The maximum atomic E-state index is 6.66. The Kier molecular flexibility index (Phi) is 5.89. The molecule has 10 aromatic rings. The lowest BCUT2D eigenvalue weighted by Crippen LogP contribution is -2.57. The second-order valence-electron chi connectivity index (χ2n) is 14.3. The van der Waals surface area contributed by atoms with Gasteiger partial charge in [0.1, 0.15) is 23.0 Å². The van der Waals surface area contributed by atoms with Crippen LogP contribution >= 0.6 is 0 Å². The highest BCUT2D eigenvalue weighted by molar-refractivity contribution is 6.98. The summed E-state index contributed by atoms with van der Waals surface area (Å²) in [5.41, 5.74) is 8.20. The van der Waals surface area contributed by atoms with E-state index in [1.807, 2.05) is 18.2 Å². The Morgan fingerprint density at radius 1 is 0.283 bits per heavy atom. The van der Waals surface area contributed by atoms with Crippen molar-refractivity contribution in [2.75, 3.05) is 0 Å². The van der Waals surface area contributed by atoms with Crippen molar-refractivity contribution in [1.82, 2.24) is 0 Å². The van der Waals surface area contributed by atoms with Crippen LogP contribution in [0.1, 0.15) is 0 Å². The smallest absolute Gasteiger partial charge is 0.260 e. The number of benzene rings is 10. The summed E-state index contributed by atoms with van der Waals surface area (Å²) in [6.07, 6.45) is 0. The Labute approximate surface area is 306 Å². The molecule has 0 aliphatic carbocycles. The van der Waals surface area contributed by atoms with E-state index in [1.165, 1.54) is 70.5 Å². The number of hydrogen-bond donors (Lipinski definition) is 0. The van der Waals surface area contributed by atoms with Crippen LogP contribution in [-0.2, 0) is 0 Å². The summed E-state index contributed by atoms with van der Waals surface area (Å²) in [4.78, 5) is 0. The third-order valence-corrected chi connectivity index (χ3v) is 11.6. The van der Waals surface area contributed by atoms with E-state index in [1.54, 1.807) is 0 Å². The molecule has 0 atom stereocenters. The monoisotopic (exact) mass is 672 g/mol. The predicted octanol–water partition coefficient (Wildman–Crippen LogP) is 11.5. The summed E-state index contributed by atoms with van der Waals surface area (Å²) in [7, 11) is 0. The Bertz CT molecular complexity index is 3180. The zero-order valence-electron chi connectivity index (χ0n) is 28.6. The summed E-state index contributed by atoms with van der Waals surface area (Å²) in [6.45, 7) is 0.0581. The first-order valence-corrected chi connectivity index (χ1v) is 18.3. The van der Waals surface area contributed by atoms with Crippen molar-refractivity contribution in [1.29, 1.82) is 0 Å². The molecular weight excluding hydrogens is 643 g/mol. The lowest BCUT2D eigenvalue weighted by Gasteiger charge is -2.32. The van der Waals surface area contributed by atoms with Gasteiger partial charge in [0.05, 0.1) is 0 Å². The molecule has 0 radical (unpaired) electrons. The van der Waals surface area contributed by atoms with E-state index in [9.17, 15) is 0 Å². The van der Waals surface area contributed by atoms with Crippen molar-refractivity contribution < 1.29 is 9.47 Å². The molecule has 0 bridgehead atoms. The summed E-state index contributed by atoms with van der Waals surface area (Å²) >= 11 is 0. The van der Waals surface area contributed by atoms with Crippen LogP contribution in [0.4, 0.5) is 0 Å². The third-order valence-electron chi connectivity index (χ3n) is 11.6. The minimum absolute atomic E-state index is 0.0581. The van der Waals surface area contributed by atoms with Crippen LogP contribution in [0.5, 0.6) is 23.0 Å². The Morgan fingerprint density at radius 2 is 0.755 bits per heavy atom. The zero-order valence-corrected chi connectivity index (χ0v) is 28.6. The van der Waals surface area contributed by atoms with Gasteiger partial charge in [-0.25, -0.2) is 0 Å². The van der Waals surface area contributed by atoms with Crippen LogP contribution in [-0.4, -0.2) is 6.71 Å². The van der Waals surface area contributed by atoms with Gasteiger partial charge in [-0.05, 0) is 123 Å². The molecule has 0 spiro atoms. The molecule has 10 aromatic carbocycles. The van der Waals surface area contributed by atoms with Crippen molar-refractivity contribution in [3.8, 4) is 45.3 Å². The summed E-state index contributed by atoms with van der Waals surface area (Å²) in [6, 6.07) is 63.8. The van der Waals surface area contributed by atoms with Gasteiger partial charge in [0.25, 0.3) is 6.71 Å².